The van der Waals surface area contributed by atoms with Crippen LogP contribution in [0.3, 0.4) is 0 Å². The standard InChI is InChI=1S/C21H19FN2O3/c22-18-9-16(20-17(10-18)12-26-13-27-20)7-8-23-21(25)24-19-6-5-14-3-1-2-4-15(14)11-19/h1-6,9-11H,7-8,12-13H2,(H2,23,24,25). The molecular formula is C21H19FN2O3. The summed E-state index contributed by atoms with van der Waals surface area (Å²) in [5.74, 6) is 0.317. The van der Waals surface area contributed by atoms with Gasteiger partial charge in [-0.3, -0.25) is 0 Å². The number of hydrogen-bond acceptors (Lipinski definition) is 3. The van der Waals surface area contributed by atoms with Crippen LogP contribution in [0.4, 0.5) is 14.9 Å². The van der Waals surface area contributed by atoms with Gasteiger partial charge in [-0.2, -0.15) is 0 Å². The fourth-order valence-electron chi connectivity index (χ4n) is 3.20. The Hall–Kier alpha value is -3.12. The highest BCUT2D eigenvalue weighted by atomic mass is 19.1. The van der Waals surface area contributed by atoms with Crippen molar-refractivity contribution in [1.82, 2.24) is 5.32 Å². The number of hydrogen-bond donors (Lipinski definition) is 2. The first kappa shape index (κ1) is 17.3. The second-order valence-corrected chi connectivity index (χ2v) is 6.36. The molecule has 0 atom stereocenters. The van der Waals surface area contributed by atoms with Crippen LogP contribution in [-0.4, -0.2) is 19.4 Å². The van der Waals surface area contributed by atoms with Gasteiger partial charge in [-0.25, -0.2) is 9.18 Å². The molecule has 0 fully saturated rings. The summed E-state index contributed by atoms with van der Waals surface area (Å²) in [6.07, 6.45) is 0.464. The lowest BCUT2D eigenvalue weighted by molar-refractivity contribution is -0.0172. The van der Waals surface area contributed by atoms with E-state index >= 15 is 0 Å². The molecule has 27 heavy (non-hydrogen) atoms. The minimum Gasteiger partial charge on any atom is -0.467 e. The van der Waals surface area contributed by atoms with Crippen molar-refractivity contribution in [3.63, 3.8) is 0 Å². The molecule has 138 valence electrons. The highest BCUT2D eigenvalue weighted by molar-refractivity contribution is 5.93. The third-order valence-electron chi connectivity index (χ3n) is 4.44. The zero-order valence-corrected chi connectivity index (χ0v) is 14.6. The molecule has 3 aromatic carbocycles. The van der Waals surface area contributed by atoms with Crippen LogP contribution in [0.5, 0.6) is 5.75 Å². The van der Waals surface area contributed by atoms with Crippen LogP contribution in [0.1, 0.15) is 11.1 Å². The maximum atomic E-state index is 13.7. The molecule has 3 aromatic rings. The predicted molar refractivity (Wildman–Crippen MR) is 101 cm³/mol. The smallest absolute Gasteiger partial charge is 0.319 e. The zero-order chi connectivity index (χ0) is 18.6. The largest absolute Gasteiger partial charge is 0.467 e. The minimum absolute atomic E-state index is 0.154. The van der Waals surface area contributed by atoms with Gasteiger partial charge in [-0.15, -0.1) is 0 Å². The molecule has 0 unspecified atom stereocenters. The van der Waals surface area contributed by atoms with Crippen molar-refractivity contribution in [2.24, 2.45) is 0 Å². The van der Waals surface area contributed by atoms with Gasteiger partial charge in [0, 0.05) is 17.8 Å². The second kappa shape index (κ2) is 7.63. The molecule has 0 bridgehead atoms. The van der Waals surface area contributed by atoms with Crippen molar-refractivity contribution < 1.29 is 18.7 Å². The van der Waals surface area contributed by atoms with Gasteiger partial charge in [0.15, 0.2) is 6.79 Å². The van der Waals surface area contributed by atoms with Crippen molar-refractivity contribution in [3.05, 3.63) is 71.5 Å². The van der Waals surface area contributed by atoms with Crippen LogP contribution < -0.4 is 15.4 Å². The number of halogens is 1. The summed E-state index contributed by atoms with van der Waals surface area (Å²) in [6, 6.07) is 16.2. The normalized spacial score (nSPS) is 12.9. The number of ether oxygens (including phenoxy) is 2. The molecule has 2 N–H and O–H groups in total. The lowest BCUT2D eigenvalue weighted by Gasteiger charge is -2.21. The van der Waals surface area contributed by atoms with Gasteiger partial charge in [0.05, 0.1) is 6.61 Å². The van der Waals surface area contributed by atoms with Crippen molar-refractivity contribution >= 4 is 22.5 Å². The molecule has 0 aliphatic carbocycles. The van der Waals surface area contributed by atoms with Gasteiger partial charge in [0.25, 0.3) is 0 Å². The molecule has 0 spiro atoms. The number of carbonyl (C=O) groups excluding carboxylic acids is 1. The first-order valence-electron chi connectivity index (χ1n) is 8.74. The first-order chi connectivity index (χ1) is 13.2. The molecule has 2 amide bonds. The van der Waals surface area contributed by atoms with Crippen molar-refractivity contribution in [2.45, 2.75) is 13.0 Å². The van der Waals surface area contributed by atoms with Crippen LogP contribution in [0.2, 0.25) is 0 Å². The summed E-state index contributed by atoms with van der Waals surface area (Å²) in [7, 11) is 0. The molecule has 0 saturated carbocycles. The molecule has 4 rings (SSSR count). The van der Waals surface area contributed by atoms with E-state index in [9.17, 15) is 9.18 Å². The summed E-state index contributed by atoms with van der Waals surface area (Å²) in [5.41, 5.74) is 2.13. The molecule has 0 radical (unpaired) electrons. The van der Waals surface area contributed by atoms with Crippen LogP contribution in [0.25, 0.3) is 10.8 Å². The van der Waals surface area contributed by atoms with E-state index in [4.69, 9.17) is 9.47 Å². The van der Waals surface area contributed by atoms with E-state index in [1.807, 2.05) is 42.5 Å². The number of rotatable bonds is 4. The Bertz CT molecular complexity index is 990. The summed E-state index contributed by atoms with van der Waals surface area (Å²) in [4.78, 5) is 12.1. The number of anilines is 1. The van der Waals surface area contributed by atoms with Crippen LogP contribution in [-0.2, 0) is 17.8 Å². The number of benzene rings is 3. The molecular weight excluding hydrogens is 347 g/mol. The van der Waals surface area contributed by atoms with E-state index < -0.39 is 0 Å². The van der Waals surface area contributed by atoms with Gasteiger partial charge in [-0.1, -0.05) is 30.3 Å². The summed E-state index contributed by atoms with van der Waals surface area (Å²) in [5, 5.41) is 7.78. The SMILES string of the molecule is O=C(NCCc1cc(F)cc2c1OCOC2)Nc1ccc2ccccc2c1. The second-order valence-electron chi connectivity index (χ2n) is 6.36. The zero-order valence-electron chi connectivity index (χ0n) is 14.6. The van der Waals surface area contributed by atoms with Crippen LogP contribution >= 0.6 is 0 Å². The number of nitrogens with one attached hydrogen (secondary N) is 2. The molecule has 6 heteroatoms. The molecule has 1 heterocycles. The highest BCUT2D eigenvalue weighted by Crippen LogP contribution is 2.29. The number of carbonyl (C=O) groups is 1. The van der Waals surface area contributed by atoms with Crippen molar-refractivity contribution in [2.75, 3.05) is 18.7 Å². The Kier molecular flexibility index (Phi) is 4.89. The van der Waals surface area contributed by atoms with Gasteiger partial charge in [0.2, 0.25) is 0 Å². The third kappa shape index (κ3) is 4.01. The van der Waals surface area contributed by atoms with E-state index in [0.29, 0.717) is 30.9 Å². The Morgan fingerprint density at radius 1 is 1.07 bits per heavy atom. The Balaban J connectivity index is 1.36. The summed E-state index contributed by atoms with van der Waals surface area (Å²) >= 11 is 0. The van der Waals surface area contributed by atoms with E-state index in [1.54, 1.807) is 0 Å². The summed E-state index contributed by atoms with van der Waals surface area (Å²) in [6.45, 7) is 0.844. The maximum absolute atomic E-state index is 13.7. The van der Waals surface area contributed by atoms with E-state index in [0.717, 1.165) is 22.0 Å². The van der Waals surface area contributed by atoms with Crippen LogP contribution in [0.15, 0.2) is 54.6 Å². The Morgan fingerprint density at radius 3 is 2.81 bits per heavy atom. The third-order valence-corrected chi connectivity index (χ3v) is 4.44. The Labute approximate surface area is 156 Å². The molecule has 0 saturated heterocycles. The predicted octanol–water partition coefficient (Wildman–Crippen LogP) is 4.21. The fraction of sp³-hybridized carbons (Fsp3) is 0.190. The number of fused-ring (bicyclic) bond motifs is 2. The average molecular weight is 366 g/mol. The van der Waals surface area contributed by atoms with E-state index in [1.165, 1.54) is 12.1 Å². The molecule has 1 aliphatic rings. The Morgan fingerprint density at radius 2 is 1.93 bits per heavy atom. The van der Waals surface area contributed by atoms with Crippen LogP contribution in [0, 0.1) is 5.82 Å². The van der Waals surface area contributed by atoms with Gasteiger partial charge in [-0.05, 0) is 47.0 Å². The van der Waals surface area contributed by atoms with E-state index in [2.05, 4.69) is 10.6 Å². The van der Waals surface area contributed by atoms with Crippen molar-refractivity contribution in [1.29, 1.82) is 0 Å². The lowest BCUT2D eigenvalue weighted by Crippen LogP contribution is -2.30. The van der Waals surface area contributed by atoms with Gasteiger partial charge in [0.1, 0.15) is 11.6 Å². The monoisotopic (exact) mass is 366 g/mol. The highest BCUT2D eigenvalue weighted by Gasteiger charge is 2.17. The molecule has 1 aliphatic heterocycles. The first-order valence-corrected chi connectivity index (χ1v) is 8.74. The van der Waals surface area contributed by atoms with Crippen molar-refractivity contribution in [3.8, 4) is 5.75 Å². The minimum atomic E-state index is -0.335. The average Bonchev–Trinajstić information content (AvgIpc) is 2.67. The molecule has 0 aromatic heterocycles. The molecule has 5 nitrogen and oxygen atoms in total. The lowest BCUT2D eigenvalue weighted by atomic mass is 10.1. The summed E-state index contributed by atoms with van der Waals surface area (Å²) < 4.78 is 24.4. The quantitative estimate of drug-likeness (QED) is 0.727. The maximum Gasteiger partial charge on any atom is 0.319 e. The number of amides is 2. The fourth-order valence-corrected chi connectivity index (χ4v) is 3.20. The topological polar surface area (TPSA) is 59.6 Å². The van der Waals surface area contributed by atoms with E-state index in [-0.39, 0.29) is 18.6 Å². The van der Waals surface area contributed by atoms with Gasteiger partial charge < -0.3 is 20.1 Å². The van der Waals surface area contributed by atoms with Gasteiger partial charge >= 0.3 is 6.03 Å². The number of urea groups is 1.